The minimum atomic E-state index is 0.829. The summed E-state index contributed by atoms with van der Waals surface area (Å²) in [6, 6.07) is 8.87. The summed E-state index contributed by atoms with van der Waals surface area (Å²) in [6.45, 7) is 6.91. The Morgan fingerprint density at radius 2 is 1.03 bits per heavy atom. The molecule has 2 aromatic rings. The van der Waals surface area contributed by atoms with Gasteiger partial charge in [0.05, 0.1) is 0 Å². The molecule has 2 nitrogen and oxygen atoms in total. The van der Waals surface area contributed by atoms with E-state index in [2.05, 4.69) is 55.0 Å². The minimum absolute atomic E-state index is 0.829. The SMILES string of the molecule is CCCCCCCCCCCCCCc1cnc(-c2ccc(CCCCCC(C)C)cc2)nc1. The Bertz CT molecular complexity index is 718. The molecule has 0 unspecified atom stereocenters. The average Bonchev–Trinajstić information content (AvgIpc) is 2.85. The molecule has 0 aliphatic carbocycles. The lowest BCUT2D eigenvalue weighted by atomic mass is 10.0. The summed E-state index contributed by atoms with van der Waals surface area (Å²) in [7, 11) is 0. The van der Waals surface area contributed by atoms with E-state index in [1.165, 1.54) is 120 Å². The Kier molecular flexibility index (Phi) is 15.6. The molecule has 34 heavy (non-hydrogen) atoms. The van der Waals surface area contributed by atoms with Crippen LogP contribution in [0.15, 0.2) is 36.7 Å². The van der Waals surface area contributed by atoms with Gasteiger partial charge >= 0.3 is 0 Å². The van der Waals surface area contributed by atoms with Crippen LogP contribution in [0.1, 0.15) is 135 Å². The topological polar surface area (TPSA) is 25.8 Å². The maximum absolute atomic E-state index is 4.65. The molecule has 1 aromatic carbocycles. The summed E-state index contributed by atoms with van der Waals surface area (Å²) in [6.07, 6.45) is 28.4. The first kappa shape index (κ1) is 28.5. The summed E-state index contributed by atoms with van der Waals surface area (Å²) < 4.78 is 0. The number of nitrogens with zero attached hydrogens (tertiary/aromatic N) is 2. The Hall–Kier alpha value is -1.70. The average molecular weight is 465 g/mol. The van der Waals surface area contributed by atoms with E-state index in [1.807, 2.05) is 12.4 Å². The number of unbranched alkanes of at least 4 members (excludes halogenated alkanes) is 13. The van der Waals surface area contributed by atoms with Gasteiger partial charge in [-0.25, -0.2) is 9.97 Å². The normalized spacial score (nSPS) is 11.4. The van der Waals surface area contributed by atoms with Gasteiger partial charge in [0.25, 0.3) is 0 Å². The lowest BCUT2D eigenvalue weighted by Crippen LogP contribution is -1.94. The Labute approximate surface area is 211 Å². The van der Waals surface area contributed by atoms with E-state index in [0.29, 0.717) is 0 Å². The van der Waals surface area contributed by atoms with E-state index in [9.17, 15) is 0 Å². The maximum Gasteiger partial charge on any atom is 0.159 e. The van der Waals surface area contributed by atoms with E-state index < -0.39 is 0 Å². The predicted octanol–water partition coefficient (Wildman–Crippen LogP) is 10.1. The van der Waals surface area contributed by atoms with Gasteiger partial charge in [0.2, 0.25) is 0 Å². The van der Waals surface area contributed by atoms with Crippen molar-refractivity contribution in [2.75, 3.05) is 0 Å². The lowest BCUT2D eigenvalue weighted by molar-refractivity contribution is 0.527. The van der Waals surface area contributed by atoms with Crippen LogP contribution < -0.4 is 0 Å². The molecule has 1 aromatic heterocycles. The molecule has 2 heteroatoms. The van der Waals surface area contributed by atoms with Crippen LogP contribution in [-0.4, -0.2) is 9.97 Å². The third kappa shape index (κ3) is 13.3. The largest absolute Gasteiger partial charge is 0.236 e. The van der Waals surface area contributed by atoms with Crippen LogP contribution in [0.5, 0.6) is 0 Å². The van der Waals surface area contributed by atoms with Crippen molar-refractivity contribution in [2.24, 2.45) is 5.92 Å². The molecular weight excluding hydrogens is 412 g/mol. The first-order valence-corrected chi connectivity index (χ1v) is 14.6. The van der Waals surface area contributed by atoms with E-state index in [-0.39, 0.29) is 0 Å². The van der Waals surface area contributed by atoms with Crippen LogP contribution in [0, 0.1) is 5.92 Å². The minimum Gasteiger partial charge on any atom is -0.236 e. The Morgan fingerprint density at radius 3 is 1.56 bits per heavy atom. The number of benzene rings is 1. The Morgan fingerprint density at radius 1 is 0.559 bits per heavy atom. The zero-order valence-corrected chi connectivity index (χ0v) is 22.7. The highest BCUT2D eigenvalue weighted by atomic mass is 14.9. The number of hydrogen-bond acceptors (Lipinski definition) is 2. The summed E-state index contributed by atoms with van der Waals surface area (Å²) in [4.78, 5) is 9.29. The van der Waals surface area contributed by atoms with Gasteiger partial charge < -0.3 is 0 Å². The second kappa shape index (κ2) is 18.6. The van der Waals surface area contributed by atoms with Gasteiger partial charge in [-0.05, 0) is 42.7 Å². The van der Waals surface area contributed by atoms with E-state index in [1.54, 1.807) is 0 Å². The zero-order chi connectivity index (χ0) is 24.3. The first-order valence-electron chi connectivity index (χ1n) is 14.6. The molecule has 0 amide bonds. The second-order valence-corrected chi connectivity index (χ2v) is 10.7. The van der Waals surface area contributed by atoms with Crippen molar-refractivity contribution < 1.29 is 0 Å². The highest BCUT2D eigenvalue weighted by Crippen LogP contribution is 2.18. The molecule has 0 radical (unpaired) electrons. The summed E-state index contributed by atoms with van der Waals surface area (Å²) in [5.74, 6) is 1.68. The number of aromatic nitrogens is 2. The molecular formula is C32H52N2. The molecule has 0 bridgehead atoms. The van der Waals surface area contributed by atoms with Crippen LogP contribution in [-0.2, 0) is 12.8 Å². The molecule has 0 saturated heterocycles. The monoisotopic (exact) mass is 464 g/mol. The number of aryl methyl sites for hydroxylation is 2. The lowest BCUT2D eigenvalue weighted by Gasteiger charge is -2.06. The van der Waals surface area contributed by atoms with Gasteiger partial charge in [-0.3, -0.25) is 0 Å². The van der Waals surface area contributed by atoms with Crippen LogP contribution in [0.4, 0.5) is 0 Å². The molecule has 1 heterocycles. The maximum atomic E-state index is 4.65. The van der Waals surface area contributed by atoms with Crippen molar-refractivity contribution in [3.63, 3.8) is 0 Å². The first-order chi connectivity index (χ1) is 16.7. The molecule has 0 aliphatic heterocycles. The van der Waals surface area contributed by atoms with Crippen molar-refractivity contribution in [2.45, 2.75) is 136 Å². The summed E-state index contributed by atoms with van der Waals surface area (Å²) in [5.41, 5.74) is 3.83. The zero-order valence-electron chi connectivity index (χ0n) is 22.7. The van der Waals surface area contributed by atoms with Crippen LogP contribution in [0.25, 0.3) is 11.4 Å². The molecule has 0 fully saturated rings. The highest BCUT2D eigenvalue weighted by Gasteiger charge is 2.03. The van der Waals surface area contributed by atoms with E-state index >= 15 is 0 Å². The highest BCUT2D eigenvalue weighted by molar-refractivity contribution is 5.55. The van der Waals surface area contributed by atoms with Crippen LogP contribution in [0.3, 0.4) is 0 Å². The summed E-state index contributed by atoms with van der Waals surface area (Å²) in [5, 5.41) is 0. The standard InChI is InChI=1S/C32H52N2/c1-4-5-6-7-8-9-10-11-12-13-14-17-21-30-26-33-32(34-27-30)31-24-22-29(23-25-31)20-18-15-16-19-28(2)3/h22-28H,4-21H2,1-3H3. The fourth-order valence-electron chi connectivity index (χ4n) is 4.68. The van der Waals surface area contributed by atoms with Gasteiger partial charge in [0, 0.05) is 18.0 Å². The predicted molar refractivity (Wildman–Crippen MR) is 149 cm³/mol. The smallest absolute Gasteiger partial charge is 0.159 e. The molecule has 0 N–H and O–H groups in total. The van der Waals surface area contributed by atoms with Crippen molar-refractivity contribution >= 4 is 0 Å². The summed E-state index contributed by atoms with van der Waals surface area (Å²) >= 11 is 0. The quantitative estimate of drug-likeness (QED) is 0.182. The van der Waals surface area contributed by atoms with Crippen molar-refractivity contribution in [3.8, 4) is 11.4 Å². The van der Waals surface area contributed by atoms with Gasteiger partial charge in [-0.1, -0.05) is 135 Å². The Balaban J connectivity index is 1.55. The second-order valence-electron chi connectivity index (χ2n) is 10.7. The van der Waals surface area contributed by atoms with Crippen LogP contribution >= 0.6 is 0 Å². The van der Waals surface area contributed by atoms with Gasteiger partial charge in [0.1, 0.15) is 0 Å². The molecule has 0 atom stereocenters. The van der Waals surface area contributed by atoms with Gasteiger partial charge in [-0.15, -0.1) is 0 Å². The third-order valence-corrected chi connectivity index (χ3v) is 6.98. The van der Waals surface area contributed by atoms with Crippen LogP contribution in [0.2, 0.25) is 0 Å². The van der Waals surface area contributed by atoms with E-state index in [0.717, 1.165) is 23.7 Å². The van der Waals surface area contributed by atoms with E-state index in [4.69, 9.17) is 0 Å². The van der Waals surface area contributed by atoms with Crippen molar-refractivity contribution in [1.82, 2.24) is 9.97 Å². The van der Waals surface area contributed by atoms with Crippen molar-refractivity contribution in [3.05, 3.63) is 47.8 Å². The van der Waals surface area contributed by atoms with Gasteiger partial charge in [-0.2, -0.15) is 0 Å². The number of hydrogen-bond donors (Lipinski definition) is 0. The number of rotatable bonds is 20. The molecule has 0 aliphatic rings. The van der Waals surface area contributed by atoms with Gasteiger partial charge in [0.15, 0.2) is 5.82 Å². The fourth-order valence-corrected chi connectivity index (χ4v) is 4.68. The van der Waals surface area contributed by atoms with Crippen molar-refractivity contribution in [1.29, 1.82) is 0 Å². The molecule has 0 spiro atoms. The molecule has 0 saturated carbocycles. The molecule has 190 valence electrons. The fraction of sp³-hybridized carbons (Fsp3) is 0.688. The molecule has 2 rings (SSSR count). The third-order valence-electron chi connectivity index (χ3n) is 6.98.